The van der Waals surface area contributed by atoms with Gasteiger partial charge in [-0.3, -0.25) is 9.09 Å². The summed E-state index contributed by atoms with van der Waals surface area (Å²) in [5, 5.41) is 3.56. The second-order valence-corrected chi connectivity index (χ2v) is 3.67. The number of carbonyl (C=O) groups is 1. The summed E-state index contributed by atoms with van der Waals surface area (Å²) < 4.78 is 10.5. The van der Waals surface area contributed by atoms with Gasteiger partial charge in [0.1, 0.15) is 0 Å². The van der Waals surface area contributed by atoms with E-state index in [-0.39, 0.29) is 5.97 Å². The van der Waals surface area contributed by atoms with Gasteiger partial charge in [-0.15, -0.1) is 0 Å². The van der Waals surface area contributed by atoms with Gasteiger partial charge >= 0.3 is 11.7 Å². The van der Waals surface area contributed by atoms with Crippen LogP contribution in [0.3, 0.4) is 0 Å². The molecule has 0 saturated heterocycles. The first-order valence-corrected chi connectivity index (χ1v) is 5.34. The number of aromatic nitrogens is 2. The molecule has 0 aliphatic heterocycles. The molecule has 0 unspecified atom stereocenters. The molecule has 0 radical (unpaired) electrons. The second kappa shape index (κ2) is 6.03. The van der Waals surface area contributed by atoms with Crippen molar-refractivity contribution in [1.82, 2.24) is 9.72 Å². The minimum absolute atomic E-state index is 0.330. The minimum Gasteiger partial charge on any atom is -0.466 e. The summed E-state index contributed by atoms with van der Waals surface area (Å²) in [6, 6.07) is 0. The highest BCUT2D eigenvalue weighted by Gasteiger charge is 2.05. The number of nitrogens with zero attached hydrogens (tertiary/aromatic N) is 2. The number of hydrogen-bond acceptors (Lipinski definition) is 5. The highest BCUT2D eigenvalue weighted by Crippen LogP contribution is 2.02. The average Bonchev–Trinajstić information content (AvgIpc) is 2.64. The van der Waals surface area contributed by atoms with Crippen LogP contribution in [0.1, 0.15) is 25.6 Å². The van der Waals surface area contributed by atoms with Crippen molar-refractivity contribution >= 4 is 5.97 Å². The molecular weight excluding hydrogens is 224 g/mol. The minimum atomic E-state index is -0.448. The first-order chi connectivity index (χ1) is 8.06. The van der Waals surface area contributed by atoms with E-state index in [0.717, 1.165) is 6.42 Å². The van der Waals surface area contributed by atoms with Crippen LogP contribution in [-0.4, -0.2) is 22.8 Å². The van der Waals surface area contributed by atoms with Crippen LogP contribution in [0.4, 0.5) is 0 Å². The SMILES string of the molecule is COC(=O)/C(C)=C/CCCn1c(C)noc1=O. The van der Waals surface area contributed by atoms with E-state index in [0.29, 0.717) is 24.4 Å². The van der Waals surface area contributed by atoms with Crippen LogP contribution in [0.5, 0.6) is 0 Å². The molecular formula is C11H16N2O4. The summed E-state index contributed by atoms with van der Waals surface area (Å²) in [5.74, 6) is -0.219. The molecule has 0 bridgehead atoms. The van der Waals surface area contributed by atoms with Crippen molar-refractivity contribution in [2.75, 3.05) is 7.11 Å². The molecule has 0 saturated carbocycles. The zero-order valence-corrected chi connectivity index (χ0v) is 10.2. The average molecular weight is 240 g/mol. The lowest BCUT2D eigenvalue weighted by molar-refractivity contribution is -0.136. The molecule has 0 N–H and O–H groups in total. The van der Waals surface area contributed by atoms with Gasteiger partial charge in [0.15, 0.2) is 5.82 Å². The van der Waals surface area contributed by atoms with Crippen LogP contribution in [0, 0.1) is 6.92 Å². The molecule has 6 nitrogen and oxygen atoms in total. The summed E-state index contributed by atoms with van der Waals surface area (Å²) in [4.78, 5) is 22.2. The van der Waals surface area contributed by atoms with Gasteiger partial charge in [-0.05, 0) is 26.7 Å². The van der Waals surface area contributed by atoms with E-state index in [2.05, 4.69) is 14.4 Å². The van der Waals surface area contributed by atoms with Crippen molar-refractivity contribution in [2.24, 2.45) is 0 Å². The van der Waals surface area contributed by atoms with E-state index in [9.17, 15) is 9.59 Å². The predicted molar refractivity (Wildman–Crippen MR) is 60.5 cm³/mol. The Kier molecular flexibility index (Phi) is 4.68. The number of carbonyl (C=O) groups excluding carboxylic acids is 1. The molecule has 0 fully saturated rings. The Labute approximate surface area is 98.9 Å². The molecule has 1 aromatic rings. The zero-order chi connectivity index (χ0) is 12.8. The molecule has 6 heteroatoms. The van der Waals surface area contributed by atoms with Crippen LogP contribution in [0.25, 0.3) is 0 Å². The number of hydrogen-bond donors (Lipinski definition) is 0. The van der Waals surface area contributed by atoms with Crippen LogP contribution < -0.4 is 5.76 Å². The largest absolute Gasteiger partial charge is 0.466 e. The fourth-order valence-corrected chi connectivity index (χ4v) is 1.40. The highest BCUT2D eigenvalue weighted by molar-refractivity contribution is 5.87. The Balaban J connectivity index is 2.44. The number of methoxy groups -OCH3 is 1. The van der Waals surface area contributed by atoms with Gasteiger partial charge in [0.05, 0.1) is 7.11 Å². The molecule has 0 aromatic carbocycles. The Morgan fingerprint density at radius 2 is 2.29 bits per heavy atom. The topological polar surface area (TPSA) is 74.3 Å². The van der Waals surface area contributed by atoms with Gasteiger partial charge in [0.25, 0.3) is 0 Å². The summed E-state index contributed by atoms with van der Waals surface area (Å²) >= 11 is 0. The summed E-state index contributed by atoms with van der Waals surface area (Å²) in [7, 11) is 1.35. The van der Waals surface area contributed by atoms with E-state index < -0.39 is 5.76 Å². The molecule has 0 aliphatic rings. The van der Waals surface area contributed by atoms with Gasteiger partial charge in [-0.2, -0.15) is 0 Å². The number of ether oxygens (including phenoxy) is 1. The van der Waals surface area contributed by atoms with Crippen molar-refractivity contribution in [1.29, 1.82) is 0 Å². The fourth-order valence-electron chi connectivity index (χ4n) is 1.40. The third-order valence-corrected chi connectivity index (χ3v) is 2.41. The first kappa shape index (κ1) is 13.2. The lowest BCUT2D eigenvalue weighted by Gasteiger charge is -2.00. The maximum absolute atomic E-state index is 11.2. The number of aryl methyl sites for hydroxylation is 1. The molecule has 0 atom stereocenters. The van der Waals surface area contributed by atoms with Crippen molar-refractivity contribution < 1.29 is 14.1 Å². The third kappa shape index (κ3) is 3.58. The van der Waals surface area contributed by atoms with Crippen molar-refractivity contribution in [3.8, 4) is 0 Å². The number of unbranched alkanes of at least 4 members (excludes halogenated alkanes) is 1. The van der Waals surface area contributed by atoms with Gasteiger partial charge in [-0.25, -0.2) is 9.59 Å². The molecule has 94 valence electrons. The molecule has 17 heavy (non-hydrogen) atoms. The molecule has 1 heterocycles. The standard InChI is InChI=1S/C11H16N2O4/c1-8(10(14)16-3)6-4-5-7-13-9(2)12-17-11(13)15/h6H,4-5,7H2,1-3H3/b8-6+. The Morgan fingerprint density at radius 3 is 2.82 bits per heavy atom. The summed E-state index contributed by atoms with van der Waals surface area (Å²) in [6.45, 7) is 3.93. The van der Waals surface area contributed by atoms with E-state index >= 15 is 0 Å². The fraction of sp³-hybridized carbons (Fsp3) is 0.545. The van der Waals surface area contributed by atoms with Gasteiger partial charge in [0.2, 0.25) is 0 Å². The number of esters is 1. The molecule has 0 aliphatic carbocycles. The third-order valence-electron chi connectivity index (χ3n) is 2.41. The number of rotatable bonds is 5. The molecule has 0 amide bonds. The van der Waals surface area contributed by atoms with Crippen LogP contribution in [0.15, 0.2) is 21.0 Å². The predicted octanol–water partition coefficient (Wildman–Crippen LogP) is 1.04. The van der Waals surface area contributed by atoms with Crippen LogP contribution in [-0.2, 0) is 16.1 Å². The summed E-state index contributed by atoms with van der Waals surface area (Å²) in [5.41, 5.74) is 0.571. The maximum Gasteiger partial charge on any atom is 0.441 e. The van der Waals surface area contributed by atoms with E-state index in [1.165, 1.54) is 11.7 Å². The number of allylic oxidation sites excluding steroid dienone is 1. The second-order valence-electron chi connectivity index (χ2n) is 3.67. The van der Waals surface area contributed by atoms with Crippen molar-refractivity contribution in [2.45, 2.75) is 33.2 Å². The monoisotopic (exact) mass is 240 g/mol. The van der Waals surface area contributed by atoms with E-state index in [4.69, 9.17) is 0 Å². The zero-order valence-electron chi connectivity index (χ0n) is 10.2. The lowest BCUT2D eigenvalue weighted by Crippen LogP contribution is -2.15. The van der Waals surface area contributed by atoms with Gasteiger partial charge in [-0.1, -0.05) is 11.2 Å². The molecule has 1 rings (SSSR count). The lowest BCUT2D eigenvalue weighted by atomic mass is 10.2. The quantitative estimate of drug-likeness (QED) is 0.437. The van der Waals surface area contributed by atoms with Gasteiger partial charge in [0, 0.05) is 12.1 Å². The Bertz CT molecular complexity index is 470. The molecule has 1 aromatic heterocycles. The first-order valence-electron chi connectivity index (χ1n) is 5.34. The van der Waals surface area contributed by atoms with Crippen LogP contribution in [0.2, 0.25) is 0 Å². The molecule has 0 spiro atoms. The normalized spacial score (nSPS) is 11.6. The van der Waals surface area contributed by atoms with Crippen molar-refractivity contribution in [3.05, 3.63) is 28.0 Å². The van der Waals surface area contributed by atoms with Crippen LogP contribution >= 0.6 is 0 Å². The smallest absolute Gasteiger partial charge is 0.441 e. The summed E-state index contributed by atoms with van der Waals surface area (Å²) in [6.07, 6.45) is 3.22. The van der Waals surface area contributed by atoms with E-state index in [1.54, 1.807) is 19.9 Å². The Hall–Kier alpha value is -1.85. The van der Waals surface area contributed by atoms with Gasteiger partial charge < -0.3 is 4.74 Å². The Morgan fingerprint density at radius 1 is 1.59 bits per heavy atom. The highest BCUT2D eigenvalue weighted by atomic mass is 16.5. The maximum atomic E-state index is 11.2. The van der Waals surface area contributed by atoms with Crippen molar-refractivity contribution in [3.63, 3.8) is 0 Å². The van der Waals surface area contributed by atoms with E-state index in [1.807, 2.05) is 0 Å².